The van der Waals surface area contributed by atoms with Gasteiger partial charge in [-0.15, -0.1) is 12.4 Å². The predicted molar refractivity (Wildman–Crippen MR) is 130 cm³/mol. The van der Waals surface area contributed by atoms with E-state index in [4.69, 9.17) is 4.42 Å². The first kappa shape index (κ1) is 22.4. The topological polar surface area (TPSA) is 109 Å². The molecular weight excluding hydrogens is 456 g/mol. The number of carbonyl (C=O) groups is 1. The number of halogens is 1. The summed E-state index contributed by atoms with van der Waals surface area (Å²) in [5.41, 5.74) is 4.46. The van der Waals surface area contributed by atoms with Crippen molar-refractivity contribution >= 4 is 40.6 Å². The first-order valence-corrected chi connectivity index (χ1v) is 11.2. The van der Waals surface area contributed by atoms with Crippen LogP contribution in [0.4, 0.5) is 11.4 Å². The minimum absolute atomic E-state index is 0. The van der Waals surface area contributed by atoms with Crippen LogP contribution < -0.4 is 10.2 Å². The second kappa shape index (κ2) is 8.73. The highest BCUT2D eigenvalue weighted by atomic mass is 35.5. The maximum atomic E-state index is 13.1. The van der Waals surface area contributed by atoms with Crippen LogP contribution in [0.5, 0.6) is 0 Å². The number of benzene rings is 1. The maximum absolute atomic E-state index is 13.1. The number of amides is 1. The normalized spacial score (nSPS) is 17.7. The van der Waals surface area contributed by atoms with Crippen LogP contribution in [0.25, 0.3) is 22.4 Å². The third-order valence-corrected chi connectivity index (χ3v) is 6.38. The summed E-state index contributed by atoms with van der Waals surface area (Å²) in [6.07, 6.45) is 7.57. The van der Waals surface area contributed by atoms with Gasteiger partial charge in [-0.25, -0.2) is 4.98 Å². The van der Waals surface area contributed by atoms with E-state index in [-0.39, 0.29) is 30.1 Å². The summed E-state index contributed by atoms with van der Waals surface area (Å²) in [6.45, 7) is 1.24. The third-order valence-electron chi connectivity index (χ3n) is 6.38. The van der Waals surface area contributed by atoms with Gasteiger partial charge in [-0.3, -0.25) is 14.5 Å². The Balaban J connectivity index is 0.00000241. The molecule has 2 aliphatic rings. The van der Waals surface area contributed by atoms with Crippen molar-refractivity contribution in [2.45, 2.75) is 31.3 Å². The fourth-order valence-electron chi connectivity index (χ4n) is 4.39. The van der Waals surface area contributed by atoms with E-state index in [9.17, 15) is 9.90 Å². The van der Waals surface area contributed by atoms with Gasteiger partial charge in [0.1, 0.15) is 6.26 Å². The molecule has 1 aromatic carbocycles. The quantitative estimate of drug-likeness (QED) is 0.447. The van der Waals surface area contributed by atoms with E-state index in [0.29, 0.717) is 30.5 Å². The monoisotopic (exact) mass is 480 g/mol. The van der Waals surface area contributed by atoms with Gasteiger partial charge in [0.25, 0.3) is 5.91 Å². The van der Waals surface area contributed by atoms with Crippen LogP contribution in [-0.2, 0) is 7.05 Å². The van der Waals surface area contributed by atoms with Crippen LogP contribution in [-0.4, -0.2) is 50.0 Å². The highest BCUT2D eigenvalue weighted by Crippen LogP contribution is 2.40. The molecule has 1 amide bonds. The van der Waals surface area contributed by atoms with Gasteiger partial charge < -0.3 is 19.7 Å². The van der Waals surface area contributed by atoms with Gasteiger partial charge >= 0.3 is 0 Å². The molecule has 1 atom stereocenters. The lowest BCUT2D eigenvalue weighted by Crippen LogP contribution is -2.23. The van der Waals surface area contributed by atoms with Crippen LogP contribution in [0.15, 0.2) is 47.3 Å². The second-order valence-corrected chi connectivity index (χ2v) is 8.82. The number of nitrogens with one attached hydrogen (secondary N) is 1. The van der Waals surface area contributed by atoms with Crippen LogP contribution in [0, 0.1) is 0 Å². The van der Waals surface area contributed by atoms with Crippen LogP contribution >= 0.6 is 12.4 Å². The van der Waals surface area contributed by atoms with Gasteiger partial charge in [0.2, 0.25) is 5.89 Å². The number of oxazole rings is 1. The lowest BCUT2D eigenvalue weighted by molar-refractivity contribution is 0.102. The van der Waals surface area contributed by atoms with E-state index in [2.05, 4.69) is 25.3 Å². The number of aryl methyl sites for hydroxylation is 1. The Kier molecular flexibility index (Phi) is 5.75. The van der Waals surface area contributed by atoms with Gasteiger partial charge in [-0.1, -0.05) is 0 Å². The number of anilines is 2. The molecule has 9 nitrogen and oxygen atoms in total. The number of nitrogens with zero attached hydrogens (tertiary/aromatic N) is 5. The minimum atomic E-state index is -0.378. The van der Waals surface area contributed by atoms with Crippen molar-refractivity contribution < 1.29 is 14.3 Å². The largest absolute Gasteiger partial charge is 0.444 e. The second-order valence-electron chi connectivity index (χ2n) is 8.82. The Morgan fingerprint density at radius 2 is 2.09 bits per heavy atom. The van der Waals surface area contributed by atoms with E-state index in [0.717, 1.165) is 47.2 Å². The van der Waals surface area contributed by atoms with Crippen LogP contribution in [0.2, 0.25) is 0 Å². The number of hydrogen-bond donors (Lipinski definition) is 2. The number of hydrogen-bond acceptors (Lipinski definition) is 7. The first-order valence-electron chi connectivity index (χ1n) is 11.2. The van der Waals surface area contributed by atoms with Crippen molar-refractivity contribution in [2.24, 2.45) is 7.05 Å². The number of rotatable bonds is 5. The van der Waals surface area contributed by atoms with E-state index in [1.165, 1.54) is 6.26 Å². The molecule has 0 radical (unpaired) electrons. The lowest BCUT2D eigenvalue weighted by Gasteiger charge is -2.22. The molecule has 0 spiro atoms. The summed E-state index contributed by atoms with van der Waals surface area (Å²) in [7, 11) is 1.86. The Hall–Kier alpha value is -3.43. The van der Waals surface area contributed by atoms with E-state index < -0.39 is 0 Å². The summed E-state index contributed by atoms with van der Waals surface area (Å²) in [6, 6.07) is 7.73. The van der Waals surface area contributed by atoms with Gasteiger partial charge in [-0.05, 0) is 43.5 Å². The van der Waals surface area contributed by atoms with E-state index in [1.807, 2.05) is 31.3 Å². The molecule has 2 fully saturated rings. The number of aliphatic hydroxyl groups excluding tert-OH is 1. The van der Waals surface area contributed by atoms with Gasteiger partial charge in [0.05, 0.1) is 29.2 Å². The Morgan fingerprint density at radius 3 is 2.85 bits per heavy atom. The highest BCUT2D eigenvalue weighted by Gasteiger charge is 2.26. The minimum Gasteiger partial charge on any atom is -0.444 e. The molecule has 1 saturated heterocycles. The van der Waals surface area contributed by atoms with Gasteiger partial charge in [0.15, 0.2) is 5.69 Å². The molecule has 34 heavy (non-hydrogen) atoms. The van der Waals surface area contributed by atoms with Crippen molar-refractivity contribution in [1.82, 2.24) is 19.7 Å². The molecule has 1 aliphatic carbocycles. The molecule has 0 bridgehead atoms. The SMILES string of the molecule is Cl.Cn1ncc2cc(N3CCC(O)C3)c(NC(=O)c3coc(-c4ccnc(C5CC5)c4)n3)cc21. The summed E-state index contributed by atoms with van der Waals surface area (Å²) in [4.78, 5) is 24.0. The Labute approximate surface area is 202 Å². The van der Waals surface area contributed by atoms with Crippen molar-refractivity contribution in [1.29, 1.82) is 0 Å². The number of carbonyl (C=O) groups excluding carboxylic acids is 1. The summed E-state index contributed by atoms with van der Waals surface area (Å²) >= 11 is 0. The predicted octanol–water partition coefficient (Wildman–Crippen LogP) is 3.75. The number of aromatic nitrogens is 4. The Morgan fingerprint density at radius 1 is 1.24 bits per heavy atom. The molecule has 4 heterocycles. The van der Waals surface area contributed by atoms with Gasteiger partial charge in [0, 0.05) is 48.9 Å². The number of pyridine rings is 1. The molecule has 4 aromatic rings. The van der Waals surface area contributed by atoms with Gasteiger partial charge in [-0.2, -0.15) is 5.10 Å². The molecular formula is C24H25ClN6O3. The summed E-state index contributed by atoms with van der Waals surface area (Å²) in [5.74, 6) is 0.561. The molecule has 1 unspecified atom stereocenters. The molecule has 176 valence electrons. The number of fused-ring (bicyclic) bond motifs is 1. The van der Waals surface area contributed by atoms with Crippen molar-refractivity contribution in [3.63, 3.8) is 0 Å². The highest BCUT2D eigenvalue weighted by molar-refractivity contribution is 6.06. The first-order chi connectivity index (χ1) is 16.0. The standard InChI is InChI=1S/C24H24N6O3.ClH/c1-29-21-10-19(22(9-16(21)11-26-29)30-7-5-17(31)12-30)27-23(32)20-13-33-24(28-20)15-4-6-25-18(8-15)14-2-3-14;/h4,6,8-11,13-14,17,31H,2-3,5,7,12H2,1H3,(H,27,32);1H. The average Bonchev–Trinajstić information content (AvgIpc) is 3.21. The zero-order valence-corrected chi connectivity index (χ0v) is 19.5. The van der Waals surface area contributed by atoms with E-state index in [1.54, 1.807) is 17.1 Å². The average molecular weight is 481 g/mol. The van der Waals surface area contributed by atoms with Crippen LogP contribution in [0.1, 0.15) is 41.4 Å². The fraction of sp³-hybridized carbons (Fsp3) is 0.333. The molecule has 2 N–H and O–H groups in total. The Bertz CT molecular complexity index is 1360. The van der Waals surface area contributed by atoms with Crippen molar-refractivity contribution in [3.8, 4) is 11.5 Å². The molecule has 10 heteroatoms. The number of aliphatic hydroxyl groups is 1. The smallest absolute Gasteiger partial charge is 0.277 e. The van der Waals surface area contributed by atoms with Crippen molar-refractivity contribution in [2.75, 3.05) is 23.3 Å². The zero-order valence-electron chi connectivity index (χ0n) is 18.6. The summed E-state index contributed by atoms with van der Waals surface area (Å²) < 4.78 is 7.39. The molecule has 1 aliphatic heterocycles. The number of β-amino-alcohol motifs (C(OH)–C–C–N with tert-alkyl or cyclic N) is 1. The molecule has 3 aromatic heterocycles. The maximum Gasteiger partial charge on any atom is 0.277 e. The zero-order chi connectivity index (χ0) is 22.5. The lowest BCUT2D eigenvalue weighted by atomic mass is 10.1. The molecule has 1 saturated carbocycles. The summed E-state index contributed by atoms with van der Waals surface area (Å²) in [5, 5.41) is 18.3. The van der Waals surface area contributed by atoms with Crippen molar-refractivity contribution in [3.05, 3.63) is 54.3 Å². The van der Waals surface area contributed by atoms with Crippen LogP contribution in [0.3, 0.4) is 0 Å². The fourth-order valence-corrected chi connectivity index (χ4v) is 4.39. The van der Waals surface area contributed by atoms with E-state index >= 15 is 0 Å². The molecule has 6 rings (SSSR count). The third kappa shape index (κ3) is 4.12.